The van der Waals surface area contributed by atoms with Crippen molar-refractivity contribution in [3.05, 3.63) is 12.7 Å². The highest BCUT2D eigenvalue weighted by Crippen LogP contribution is 2.22. The number of hydrogen-bond acceptors (Lipinski definition) is 4. The molecular weight excluding hydrogens is 196 g/mol. The molecule has 12 heavy (non-hydrogen) atoms. The average molecular weight is 208 g/mol. The number of aliphatic hydroxyl groups is 1. The molecule has 0 fully saturated rings. The van der Waals surface area contributed by atoms with Crippen molar-refractivity contribution in [2.45, 2.75) is 12.5 Å². The lowest BCUT2D eigenvalue weighted by molar-refractivity contribution is -0.146. The summed E-state index contributed by atoms with van der Waals surface area (Å²) in [6, 6.07) is 0. The molecule has 0 aliphatic rings. The highest BCUT2D eigenvalue weighted by Gasteiger charge is 2.11. The fraction of sp³-hybridized carbons (Fsp3) is 0.571. The molecule has 2 N–H and O–H groups in total. The summed E-state index contributed by atoms with van der Waals surface area (Å²) in [5.41, 5.74) is 0. The topological polar surface area (TPSA) is 57.5 Å². The van der Waals surface area contributed by atoms with Gasteiger partial charge in [-0.05, 0) is 6.42 Å². The minimum Gasteiger partial charge on any atom is -0.479 e. The van der Waals surface area contributed by atoms with Crippen molar-refractivity contribution in [3.63, 3.8) is 0 Å². The molecule has 0 spiro atoms. The van der Waals surface area contributed by atoms with Crippen LogP contribution in [0.1, 0.15) is 6.42 Å². The maximum atomic E-state index is 10.1. The molecule has 0 aromatic heterocycles. The molecule has 5 heteroatoms. The van der Waals surface area contributed by atoms with Gasteiger partial charge in [0, 0.05) is 11.5 Å². The van der Waals surface area contributed by atoms with Crippen molar-refractivity contribution in [3.8, 4) is 0 Å². The van der Waals surface area contributed by atoms with Gasteiger partial charge in [-0.2, -0.15) is 0 Å². The highest BCUT2D eigenvalue weighted by atomic mass is 33.1. The minimum absolute atomic E-state index is 0.296. The molecule has 70 valence electrons. The van der Waals surface area contributed by atoms with Crippen molar-refractivity contribution in [2.75, 3.05) is 11.5 Å². The maximum Gasteiger partial charge on any atom is 0.332 e. The lowest BCUT2D eigenvalue weighted by atomic mass is 10.3. The number of aliphatic carboxylic acids is 1. The number of hydrogen-bond donors (Lipinski definition) is 2. The SMILES string of the molecule is C=CCSSCCC(O)C(=O)O. The van der Waals surface area contributed by atoms with E-state index in [0.717, 1.165) is 5.75 Å². The summed E-state index contributed by atoms with van der Waals surface area (Å²) in [7, 11) is 3.15. The number of aliphatic hydroxyl groups excluding tert-OH is 1. The number of carboxylic acids is 1. The smallest absolute Gasteiger partial charge is 0.332 e. The standard InChI is InChI=1S/C7H12O3S2/c1-2-4-11-12-5-3-6(8)7(9)10/h2,6,8H,1,3-5H2,(H,9,10). The fourth-order valence-electron chi connectivity index (χ4n) is 0.438. The first kappa shape index (κ1) is 11.9. The third-order valence-electron chi connectivity index (χ3n) is 1.03. The molecule has 0 aromatic carbocycles. The van der Waals surface area contributed by atoms with Gasteiger partial charge < -0.3 is 10.2 Å². The maximum absolute atomic E-state index is 10.1. The van der Waals surface area contributed by atoms with Gasteiger partial charge in [-0.1, -0.05) is 27.7 Å². The molecule has 0 aliphatic heterocycles. The van der Waals surface area contributed by atoms with Crippen molar-refractivity contribution in [1.29, 1.82) is 0 Å². The van der Waals surface area contributed by atoms with Crippen molar-refractivity contribution >= 4 is 27.6 Å². The Morgan fingerprint density at radius 1 is 1.58 bits per heavy atom. The van der Waals surface area contributed by atoms with Gasteiger partial charge in [0.1, 0.15) is 0 Å². The summed E-state index contributed by atoms with van der Waals surface area (Å²) in [5.74, 6) is 0.337. The van der Waals surface area contributed by atoms with Crippen LogP contribution in [0.25, 0.3) is 0 Å². The van der Waals surface area contributed by atoms with Crippen LogP contribution in [-0.2, 0) is 4.79 Å². The molecule has 0 aliphatic carbocycles. The van der Waals surface area contributed by atoms with Crippen molar-refractivity contribution < 1.29 is 15.0 Å². The van der Waals surface area contributed by atoms with Crippen molar-refractivity contribution in [1.82, 2.24) is 0 Å². The Labute approximate surface area is 79.6 Å². The molecule has 0 bridgehead atoms. The van der Waals surface area contributed by atoms with Crippen LogP contribution in [0, 0.1) is 0 Å². The minimum atomic E-state index is -1.22. The molecule has 0 amide bonds. The van der Waals surface area contributed by atoms with Gasteiger partial charge in [0.15, 0.2) is 6.10 Å². The zero-order valence-corrected chi connectivity index (χ0v) is 8.24. The van der Waals surface area contributed by atoms with E-state index in [4.69, 9.17) is 10.2 Å². The fourth-order valence-corrected chi connectivity index (χ4v) is 2.29. The normalized spacial score (nSPS) is 12.4. The van der Waals surface area contributed by atoms with E-state index >= 15 is 0 Å². The van der Waals surface area contributed by atoms with Gasteiger partial charge in [0.2, 0.25) is 0 Å². The molecule has 0 heterocycles. The Balaban J connectivity index is 3.19. The van der Waals surface area contributed by atoms with Gasteiger partial charge in [0.25, 0.3) is 0 Å². The third-order valence-corrected chi connectivity index (χ3v) is 3.38. The van der Waals surface area contributed by atoms with Crippen LogP contribution in [-0.4, -0.2) is 33.8 Å². The molecule has 3 nitrogen and oxygen atoms in total. The highest BCUT2D eigenvalue weighted by molar-refractivity contribution is 8.76. The van der Waals surface area contributed by atoms with Crippen LogP contribution >= 0.6 is 21.6 Å². The summed E-state index contributed by atoms with van der Waals surface area (Å²) in [6.45, 7) is 3.54. The van der Waals surface area contributed by atoms with Crippen LogP contribution in [0.5, 0.6) is 0 Å². The van der Waals surface area contributed by atoms with Crippen LogP contribution < -0.4 is 0 Å². The van der Waals surface area contributed by atoms with Crippen LogP contribution in [0.2, 0.25) is 0 Å². The van der Waals surface area contributed by atoms with E-state index < -0.39 is 12.1 Å². The predicted molar refractivity (Wildman–Crippen MR) is 53.4 cm³/mol. The quantitative estimate of drug-likeness (QED) is 0.376. The van der Waals surface area contributed by atoms with E-state index in [1.165, 1.54) is 0 Å². The average Bonchev–Trinajstić information content (AvgIpc) is 2.03. The van der Waals surface area contributed by atoms with Gasteiger partial charge in [-0.15, -0.1) is 6.58 Å². The molecule has 0 saturated carbocycles. The number of carbonyl (C=O) groups is 1. The lowest BCUT2D eigenvalue weighted by Gasteiger charge is -2.02. The molecule has 0 radical (unpaired) electrons. The summed E-state index contributed by atoms with van der Waals surface area (Å²) in [6.07, 6.45) is 0.858. The van der Waals surface area contributed by atoms with E-state index in [9.17, 15) is 4.79 Å². The van der Waals surface area contributed by atoms with E-state index in [1.807, 2.05) is 0 Å². The molecule has 1 unspecified atom stereocenters. The Kier molecular flexibility index (Phi) is 7.43. The third kappa shape index (κ3) is 6.57. The predicted octanol–water partition coefficient (Wildman–Crippen LogP) is 1.39. The van der Waals surface area contributed by atoms with Gasteiger partial charge in [-0.3, -0.25) is 0 Å². The Morgan fingerprint density at radius 3 is 2.75 bits per heavy atom. The van der Waals surface area contributed by atoms with E-state index in [2.05, 4.69) is 6.58 Å². The zero-order valence-electron chi connectivity index (χ0n) is 6.60. The van der Waals surface area contributed by atoms with Crippen molar-refractivity contribution in [2.24, 2.45) is 0 Å². The number of rotatable bonds is 7. The first-order valence-electron chi connectivity index (χ1n) is 3.44. The molecule has 1 atom stereocenters. The van der Waals surface area contributed by atoms with Crippen LogP contribution in [0.4, 0.5) is 0 Å². The van der Waals surface area contributed by atoms with Crippen LogP contribution in [0.3, 0.4) is 0 Å². The van der Waals surface area contributed by atoms with E-state index in [1.54, 1.807) is 27.7 Å². The summed E-state index contributed by atoms with van der Waals surface area (Å²) >= 11 is 0. The van der Waals surface area contributed by atoms with Gasteiger partial charge in [0.05, 0.1) is 0 Å². The summed E-state index contributed by atoms with van der Waals surface area (Å²) < 4.78 is 0. The Hall–Kier alpha value is -0.130. The number of carboxylic acid groups (broad SMARTS) is 1. The summed E-state index contributed by atoms with van der Waals surface area (Å²) in [4.78, 5) is 10.1. The first-order valence-corrected chi connectivity index (χ1v) is 5.93. The zero-order chi connectivity index (χ0) is 9.40. The second-order valence-corrected chi connectivity index (χ2v) is 4.67. The van der Waals surface area contributed by atoms with E-state index in [0.29, 0.717) is 12.2 Å². The Bertz CT molecular complexity index is 150. The largest absolute Gasteiger partial charge is 0.479 e. The monoisotopic (exact) mass is 208 g/mol. The van der Waals surface area contributed by atoms with E-state index in [-0.39, 0.29) is 0 Å². The second-order valence-electron chi connectivity index (χ2n) is 2.04. The lowest BCUT2D eigenvalue weighted by Crippen LogP contribution is -2.19. The summed E-state index contributed by atoms with van der Waals surface area (Å²) in [5, 5.41) is 17.1. The van der Waals surface area contributed by atoms with Crippen LogP contribution in [0.15, 0.2) is 12.7 Å². The van der Waals surface area contributed by atoms with Gasteiger partial charge >= 0.3 is 5.97 Å². The Morgan fingerprint density at radius 2 is 2.25 bits per heavy atom. The first-order chi connectivity index (χ1) is 5.68. The second kappa shape index (κ2) is 7.52. The molecule has 0 saturated heterocycles. The molecule has 0 aromatic rings. The van der Waals surface area contributed by atoms with Gasteiger partial charge in [-0.25, -0.2) is 4.79 Å². The molecule has 0 rings (SSSR count). The molecular formula is C7H12O3S2.